The van der Waals surface area contributed by atoms with Crippen molar-refractivity contribution >= 4 is 0 Å². The third-order valence-corrected chi connectivity index (χ3v) is 3.03. The predicted molar refractivity (Wildman–Crippen MR) is 55.9 cm³/mol. The average Bonchev–Trinajstić information content (AvgIpc) is 2.50. The Balaban J connectivity index is 2.21. The summed E-state index contributed by atoms with van der Waals surface area (Å²) in [6, 6.07) is 1.30. The largest absolute Gasteiger partial charge is 0.383 e. The van der Waals surface area contributed by atoms with Crippen molar-refractivity contribution in [3.05, 3.63) is 0 Å². The molecular weight excluding hydrogens is 162 g/mol. The van der Waals surface area contributed by atoms with Gasteiger partial charge in [-0.3, -0.25) is 0 Å². The lowest BCUT2D eigenvalue weighted by Gasteiger charge is -2.21. The molecule has 1 saturated carbocycles. The molecule has 0 amide bonds. The maximum Gasteiger partial charge on any atom is 0.0615 e. The van der Waals surface area contributed by atoms with Crippen LogP contribution in [0.1, 0.15) is 39.5 Å². The van der Waals surface area contributed by atoms with E-state index in [2.05, 4.69) is 19.2 Å². The highest BCUT2D eigenvalue weighted by atomic mass is 16.5. The first-order chi connectivity index (χ1) is 6.26. The number of ether oxygens (including phenoxy) is 1. The van der Waals surface area contributed by atoms with Gasteiger partial charge in [-0.05, 0) is 31.6 Å². The lowest BCUT2D eigenvalue weighted by molar-refractivity contribution is 0.158. The lowest BCUT2D eigenvalue weighted by Crippen LogP contribution is -2.39. The zero-order chi connectivity index (χ0) is 9.68. The van der Waals surface area contributed by atoms with E-state index in [-0.39, 0.29) is 0 Å². The van der Waals surface area contributed by atoms with E-state index < -0.39 is 0 Å². The fraction of sp³-hybridized carbons (Fsp3) is 1.00. The molecule has 2 heteroatoms. The second-order valence-corrected chi connectivity index (χ2v) is 4.34. The Morgan fingerprint density at radius 1 is 1.46 bits per heavy atom. The van der Waals surface area contributed by atoms with E-state index in [0.717, 1.165) is 18.6 Å². The summed E-state index contributed by atoms with van der Waals surface area (Å²) < 4.78 is 5.17. The van der Waals surface area contributed by atoms with Crippen molar-refractivity contribution < 1.29 is 4.74 Å². The standard InChI is InChI=1S/C11H23NO/c1-4-10(8-13-3)12-11-6-5-9(2)7-11/h9-12H,4-8H2,1-3H3/t9-,10+,11+/m0/s1. The van der Waals surface area contributed by atoms with Gasteiger partial charge in [-0.25, -0.2) is 0 Å². The van der Waals surface area contributed by atoms with Crippen molar-refractivity contribution in [1.82, 2.24) is 5.32 Å². The smallest absolute Gasteiger partial charge is 0.0615 e. The van der Waals surface area contributed by atoms with Crippen LogP contribution in [0.15, 0.2) is 0 Å². The van der Waals surface area contributed by atoms with Crippen LogP contribution >= 0.6 is 0 Å². The van der Waals surface area contributed by atoms with Gasteiger partial charge in [-0.15, -0.1) is 0 Å². The molecule has 3 atom stereocenters. The van der Waals surface area contributed by atoms with Crippen molar-refractivity contribution in [3.8, 4) is 0 Å². The van der Waals surface area contributed by atoms with E-state index in [1.54, 1.807) is 7.11 Å². The highest BCUT2D eigenvalue weighted by molar-refractivity contribution is 4.81. The van der Waals surface area contributed by atoms with Gasteiger partial charge in [-0.2, -0.15) is 0 Å². The van der Waals surface area contributed by atoms with Crippen LogP contribution in [0.4, 0.5) is 0 Å². The third-order valence-electron chi connectivity index (χ3n) is 3.03. The Bertz CT molecular complexity index is 136. The summed E-state index contributed by atoms with van der Waals surface area (Å²) in [5, 5.41) is 3.67. The maximum atomic E-state index is 5.17. The van der Waals surface area contributed by atoms with Crippen LogP contribution in [0.25, 0.3) is 0 Å². The molecule has 0 spiro atoms. The molecule has 0 radical (unpaired) electrons. The quantitative estimate of drug-likeness (QED) is 0.709. The van der Waals surface area contributed by atoms with Gasteiger partial charge in [0.05, 0.1) is 6.61 Å². The van der Waals surface area contributed by atoms with E-state index >= 15 is 0 Å². The minimum atomic E-state index is 0.556. The van der Waals surface area contributed by atoms with Gasteiger partial charge in [0.25, 0.3) is 0 Å². The molecule has 0 bridgehead atoms. The second-order valence-electron chi connectivity index (χ2n) is 4.34. The van der Waals surface area contributed by atoms with Crippen LogP contribution in [0, 0.1) is 5.92 Å². The van der Waals surface area contributed by atoms with Crippen molar-refractivity contribution in [3.63, 3.8) is 0 Å². The summed E-state index contributed by atoms with van der Waals surface area (Å²) >= 11 is 0. The molecule has 13 heavy (non-hydrogen) atoms. The minimum Gasteiger partial charge on any atom is -0.383 e. The normalized spacial score (nSPS) is 30.7. The Labute approximate surface area is 82.0 Å². The summed E-state index contributed by atoms with van der Waals surface area (Å²) in [4.78, 5) is 0. The van der Waals surface area contributed by atoms with Crippen LogP contribution in [0.2, 0.25) is 0 Å². The van der Waals surface area contributed by atoms with Gasteiger partial charge in [0.2, 0.25) is 0 Å². The zero-order valence-electron chi connectivity index (χ0n) is 9.18. The number of rotatable bonds is 5. The molecule has 0 heterocycles. The molecule has 1 fully saturated rings. The molecule has 0 aliphatic heterocycles. The van der Waals surface area contributed by atoms with Crippen LogP contribution < -0.4 is 5.32 Å². The van der Waals surface area contributed by atoms with Gasteiger partial charge in [0.1, 0.15) is 0 Å². The number of nitrogens with one attached hydrogen (secondary N) is 1. The number of hydrogen-bond acceptors (Lipinski definition) is 2. The van der Waals surface area contributed by atoms with Gasteiger partial charge in [0, 0.05) is 19.2 Å². The summed E-state index contributed by atoms with van der Waals surface area (Å²) in [7, 11) is 1.78. The van der Waals surface area contributed by atoms with Crippen molar-refractivity contribution in [2.24, 2.45) is 5.92 Å². The molecule has 0 saturated heterocycles. The molecule has 1 rings (SSSR count). The van der Waals surface area contributed by atoms with Crippen molar-refractivity contribution in [1.29, 1.82) is 0 Å². The highest BCUT2D eigenvalue weighted by Crippen LogP contribution is 2.25. The minimum absolute atomic E-state index is 0.556. The van der Waals surface area contributed by atoms with Crippen LogP contribution in [-0.2, 0) is 4.74 Å². The monoisotopic (exact) mass is 185 g/mol. The van der Waals surface area contributed by atoms with E-state index in [9.17, 15) is 0 Å². The molecule has 1 N–H and O–H groups in total. The molecule has 1 aliphatic carbocycles. The van der Waals surface area contributed by atoms with Crippen LogP contribution in [-0.4, -0.2) is 25.8 Å². The fourth-order valence-corrected chi connectivity index (χ4v) is 2.18. The molecular formula is C11H23NO. The molecule has 78 valence electrons. The second kappa shape index (κ2) is 5.61. The van der Waals surface area contributed by atoms with Crippen molar-refractivity contribution in [2.45, 2.75) is 51.6 Å². The Morgan fingerprint density at radius 3 is 2.69 bits per heavy atom. The first kappa shape index (κ1) is 11.0. The van der Waals surface area contributed by atoms with Crippen molar-refractivity contribution in [2.75, 3.05) is 13.7 Å². The first-order valence-electron chi connectivity index (χ1n) is 5.51. The Morgan fingerprint density at radius 2 is 2.23 bits per heavy atom. The Kier molecular flexibility index (Phi) is 4.74. The summed E-state index contributed by atoms with van der Waals surface area (Å²) in [6.07, 6.45) is 5.25. The van der Waals surface area contributed by atoms with E-state index in [1.165, 1.54) is 25.7 Å². The summed E-state index contributed by atoms with van der Waals surface area (Å²) in [5.74, 6) is 0.914. The number of hydrogen-bond donors (Lipinski definition) is 1. The van der Waals surface area contributed by atoms with Crippen LogP contribution in [0.3, 0.4) is 0 Å². The van der Waals surface area contributed by atoms with Gasteiger partial charge in [0.15, 0.2) is 0 Å². The summed E-state index contributed by atoms with van der Waals surface area (Å²) in [5.41, 5.74) is 0. The molecule has 0 aromatic carbocycles. The molecule has 1 aliphatic rings. The van der Waals surface area contributed by atoms with E-state index in [4.69, 9.17) is 4.74 Å². The molecule has 0 aromatic heterocycles. The zero-order valence-corrected chi connectivity index (χ0v) is 9.18. The third kappa shape index (κ3) is 3.65. The molecule has 0 aromatic rings. The fourth-order valence-electron chi connectivity index (χ4n) is 2.18. The topological polar surface area (TPSA) is 21.3 Å². The lowest BCUT2D eigenvalue weighted by atomic mass is 10.1. The van der Waals surface area contributed by atoms with Gasteiger partial charge < -0.3 is 10.1 Å². The van der Waals surface area contributed by atoms with Gasteiger partial charge >= 0.3 is 0 Å². The van der Waals surface area contributed by atoms with E-state index in [0.29, 0.717) is 6.04 Å². The molecule has 2 nitrogen and oxygen atoms in total. The SMILES string of the molecule is CC[C@H](COC)N[C@@H]1CC[C@H](C)C1. The summed E-state index contributed by atoms with van der Waals surface area (Å²) in [6.45, 7) is 5.41. The van der Waals surface area contributed by atoms with E-state index in [1.807, 2.05) is 0 Å². The Hall–Kier alpha value is -0.0800. The van der Waals surface area contributed by atoms with Gasteiger partial charge in [-0.1, -0.05) is 13.8 Å². The highest BCUT2D eigenvalue weighted by Gasteiger charge is 2.22. The number of methoxy groups -OCH3 is 1. The maximum absolute atomic E-state index is 5.17. The molecule has 0 unspecified atom stereocenters. The predicted octanol–water partition coefficient (Wildman–Crippen LogP) is 2.19. The average molecular weight is 185 g/mol. The first-order valence-corrected chi connectivity index (χ1v) is 5.51. The van der Waals surface area contributed by atoms with Crippen LogP contribution in [0.5, 0.6) is 0 Å².